The van der Waals surface area contributed by atoms with Crippen molar-refractivity contribution in [2.45, 2.75) is 49.3 Å². The molecule has 0 bridgehead atoms. The van der Waals surface area contributed by atoms with Gasteiger partial charge in [0.1, 0.15) is 5.78 Å². The molecule has 1 saturated carbocycles. The standard InChI is InChI=1S/C17H18BrNO/c1-2-17-9-15(18)16(20)8-13(17)5-4-12-7-11(10-19)3-6-14(12)17/h3,6-7,13,15H,2,4-5,8-9H2,1H3/t13?,15-,17+/m0/s1. The summed E-state index contributed by atoms with van der Waals surface area (Å²) in [5.41, 5.74) is 3.56. The van der Waals surface area contributed by atoms with Crippen molar-refractivity contribution in [2.24, 2.45) is 5.92 Å². The van der Waals surface area contributed by atoms with Gasteiger partial charge < -0.3 is 0 Å². The van der Waals surface area contributed by atoms with Crippen LogP contribution in [0.15, 0.2) is 18.2 Å². The molecule has 2 nitrogen and oxygen atoms in total. The van der Waals surface area contributed by atoms with Crippen LogP contribution in [-0.2, 0) is 16.6 Å². The summed E-state index contributed by atoms with van der Waals surface area (Å²) in [4.78, 5) is 12.0. The van der Waals surface area contributed by atoms with Gasteiger partial charge in [-0.15, -0.1) is 0 Å². The third-order valence-corrected chi connectivity index (χ3v) is 6.12. The molecule has 0 spiro atoms. The van der Waals surface area contributed by atoms with E-state index in [9.17, 15) is 4.79 Å². The van der Waals surface area contributed by atoms with E-state index in [0.29, 0.717) is 18.1 Å². The first-order chi connectivity index (χ1) is 9.60. The van der Waals surface area contributed by atoms with E-state index in [1.807, 2.05) is 12.1 Å². The molecule has 3 atom stereocenters. The Kier molecular flexibility index (Phi) is 3.46. The number of carbonyl (C=O) groups is 1. The second kappa shape index (κ2) is 5.00. The fourth-order valence-corrected chi connectivity index (χ4v) is 4.95. The van der Waals surface area contributed by atoms with Crippen LogP contribution in [0.5, 0.6) is 0 Å². The van der Waals surface area contributed by atoms with Gasteiger partial charge in [0.05, 0.1) is 16.5 Å². The lowest BCUT2D eigenvalue weighted by Gasteiger charge is -2.49. The number of nitriles is 1. The van der Waals surface area contributed by atoms with Crippen LogP contribution in [-0.4, -0.2) is 10.6 Å². The number of Topliss-reactive ketones (excluding diaryl/α,β-unsaturated/α-hetero) is 1. The molecule has 1 fully saturated rings. The first-order valence-electron chi connectivity index (χ1n) is 7.31. The normalized spacial score (nSPS) is 32.1. The maximum Gasteiger partial charge on any atom is 0.146 e. The van der Waals surface area contributed by atoms with Crippen molar-refractivity contribution in [1.29, 1.82) is 5.26 Å². The monoisotopic (exact) mass is 331 g/mol. The van der Waals surface area contributed by atoms with E-state index < -0.39 is 0 Å². The molecule has 20 heavy (non-hydrogen) atoms. The van der Waals surface area contributed by atoms with Crippen molar-refractivity contribution in [3.05, 3.63) is 34.9 Å². The van der Waals surface area contributed by atoms with Crippen LogP contribution in [0.1, 0.15) is 49.3 Å². The molecule has 1 aromatic carbocycles. The Balaban J connectivity index is 2.11. The van der Waals surface area contributed by atoms with Gasteiger partial charge in [0.25, 0.3) is 0 Å². The summed E-state index contributed by atoms with van der Waals surface area (Å²) in [5, 5.41) is 9.07. The molecule has 0 aliphatic heterocycles. The number of alkyl halides is 1. The van der Waals surface area contributed by atoms with Crippen molar-refractivity contribution in [3.63, 3.8) is 0 Å². The Morgan fingerprint density at radius 2 is 2.30 bits per heavy atom. The topological polar surface area (TPSA) is 40.9 Å². The molecule has 104 valence electrons. The molecule has 0 saturated heterocycles. The largest absolute Gasteiger partial charge is 0.298 e. The number of rotatable bonds is 1. The lowest BCUT2D eigenvalue weighted by atomic mass is 9.56. The van der Waals surface area contributed by atoms with Gasteiger partial charge in [-0.2, -0.15) is 5.26 Å². The van der Waals surface area contributed by atoms with E-state index in [1.165, 1.54) is 11.1 Å². The van der Waals surface area contributed by atoms with Gasteiger partial charge in [-0.05, 0) is 54.9 Å². The average molecular weight is 332 g/mol. The minimum absolute atomic E-state index is 0.0136. The molecular weight excluding hydrogens is 314 g/mol. The second-order valence-corrected chi connectivity index (χ2v) is 7.18. The zero-order chi connectivity index (χ0) is 14.3. The molecule has 0 radical (unpaired) electrons. The molecule has 2 aliphatic carbocycles. The number of fused-ring (bicyclic) bond motifs is 3. The summed E-state index contributed by atoms with van der Waals surface area (Å²) >= 11 is 3.57. The number of hydrogen-bond donors (Lipinski definition) is 0. The summed E-state index contributed by atoms with van der Waals surface area (Å²) in [6.45, 7) is 2.23. The lowest BCUT2D eigenvalue weighted by Crippen LogP contribution is -2.47. The van der Waals surface area contributed by atoms with E-state index in [1.54, 1.807) is 0 Å². The number of ketones is 1. The molecule has 1 aromatic rings. The van der Waals surface area contributed by atoms with Crippen LogP contribution in [0.3, 0.4) is 0 Å². The summed E-state index contributed by atoms with van der Waals surface area (Å²) in [5.74, 6) is 0.824. The quantitative estimate of drug-likeness (QED) is 0.732. The van der Waals surface area contributed by atoms with Crippen molar-refractivity contribution in [3.8, 4) is 6.07 Å². The van der Waals surface area contributed by atoms with Crippen LogP contribution < -0.4 is 0 Å². The molecule has 3 rings (SSSR count). The Bertz CT molecular complexity index is 603. The summed E-state index contributed by atoms with van der Waals surface area (Å²) in [7, 11) is 0. The fraction of sp³-hybridized carbons (Fsp3) is 0.529. The maximum atomic E-state index is 12.0. The number of benzene rings is 1. The zero-order valence-corrected chi connectivity index (χ0v) is 13.2. The Labute approximate surface area is 128 Å². The van der Waals surface area contributed by atoms with Gasteiger partial charge in [-0.1, -0.05) is 28.9 Å². The highest BCUT2D eigenvalue weighted by molar-refractivity contribution is 9.10. The summed E-state index contributed by atoms with van der Waals surface area (Å²) < 4.78 is 0. The third-order valence-electron chi connectivity index (χ3n) is 5.29. The van der Waals surface area contributed by atoms with Gasteiger partial charge in [0, 0.05) is 11.8 Å². The fourth-order valence-electron chi connectivity index (χ4n) is 4.18. The van der Waals surface area contributed by atoms with Gasteiger partial charge in [0.2, 0.25) is 0 Å². The molecule has 0 amide bonds. The van der Waals surface area contributed by atoms with E-state index in [-0.39, 0.29) is 10.2 Å². The summed E-state index contributed by atoms with van der Waals surface area (Å²) in [6.07, 6.45) is 4.72. The predicted octanol–water partition coefficient (Wildman–Crippen LogP) is 3.89. The third kappa shape index (κ3) is 1.93. The van der Waals surface area contributed by atoms with Crippen LogP contribution in [0.25, 0.3) is 0 Å². The molecule has 2 aliphatic rings. The number of halogens is 1. The Morgan fingerprint density at radius 3 is 3.00 bits per heavy atom. The van der Waals surface area contributed by atoms with Crippen LogP contribution in [0, 0.1) is 17.2 Å². The maximum absolute atomic E-state index is 12.0. The number of aryl methyl sites for hydroxylation is 1. The first-order valence-corrected chi connectivity index (χ1v) is 8.22. The van der Waals surface area contributed by atoms with E-state index >= 15 is 0 Å². The second-order valence-electron chi connectivity index (χ2n) is 6.07. The van der Waals surface area contributed by atoms with E-state index in [2.05, 4.69) is 35.0 Å². The van der Waals surface area contributed by atoms with E-state index in [0.717, 1.165) is 31.2 Å². The van der Waals surface area contributed by atoms with E-state index in [4.69, 9.17) is 5.26 Å². The lowest BCUT2D eigenvalue weighted by molar-refractivity contribution is -0.122. The number of carbonyl (C=O) groups excluding carboxylic acids is 1. The van der Waals surface area contributed by atoms with Crippen molar-refractivity contribution >= 4 is 21.7 Å². The smallest absolute Gasteiger partial charge is 0.146 e. The number of nitrogens with zero attached hydrogens (tertiary/aromatic N) is 1. The minimum atomic E-state index is -0.0136. The Hall–Kier alpha value is -1.14. The predicted molar refractivity (Wildman–Crippen MR) is 81.9 cm³/mol. The SMILES string of the molecule is CC[C@@]12C[C@H](Br)C(=O)CC1CCc1cc(C#N)ccc12. The van der Waals surface area contributed by atoms with Gasteiger partial charge >= 0.3 is 0 Å². The van der Waals surface area contributed by atoms with Crippen molar-refractivity contribution < 1.29 is 4.79 Å². The van der Waals surface area contributed by atoms with Crippen LogP contribution in [0.2, 0.25) is 0 Å². The van der Waals surface area contributed by atoms with Gasteiger partial charge in [-0.25, -0.2) is 0 Å². The van der Waals surface area contributed by atoms with Crippen LogP contribution in [0.4, 0.5) is 0 Å². The molecule has 0 heterocycles. The highest BCUT2D eigenvalue weighted by Crippen LogP contribution is 2.52. The minimum Gasteiger partial charge on any atom is -0.298 e. The van der Waals surface area contributed by atoms with Gasteiger partial charge in [-0.3, -0.25) is 4.79 Å². The first kappa shape index (κ1) is 13.8. The molecule has 0 N–H and O–H groups in total. The summed E-state index contributed by atoms with van der Waals surface area (Å²) in [6, 6.07) is 8.34. The average Bonchev–Trinajstić information content (AvgIpc) is 2.48. The number of hydrogen-bond acceptors (Lipinski definition) is 2. The molecule has 3 heteroatoms. The van der Waals surface area contributed by atoms with Crippen molar-refractivity contribution in [2.75, 3.05) is 0 Å². The van der Waals surface area contributed by atoms with Crippen LogP contribution >= 0.6 is 15.9 Å². The van der Waals surface area contributed by atoms with Crippen molar-refractivity contribution in [1.82, 2.24) is 0 Å². The zero-order valence-electron chi connectivity index (χ0n) is 11.7. The molecule has 0 aromatic heterocycles. The molecular formula is C17H18BrNO. The Morgan fingerprint density at radius 1 is 1.50 bits per heavy atom. The highest BCUT2D eigenvalue weighted by atomic mass is 79.9. The van der Waals surface area contributed by atoms with Gasteiger partial charge in [0.15, 0.2) is 0 Å². The molecule has 1 unspecified atom stereocenters. The highest BCUT2D eigenvalue weighted by Gasteiger charge is 2.48.